The molecule has 0 bridgehead atoms. The Kier molecular flexibility index (Phi) is 5.28. The Balaban J connectivity index is 2.41. The Morgan fingerprint density at radius 3 is 2.10 bits per heavy atom. The number of carbonyl (C=O) groups is 1. The highest BCUT2D eigenvalue weighted by Crippen LogP contribution is 2.23. The maximum atomic E-state index is 11.9. The third-order valence-electron chi connectivity index (χ3n) is 2.03. The number of hydrogen-bond acceptors (Lipinski definition) is 3. The molecule has 0 aliphatic carbocycles. The molecule has 0 heterocycles. The molecule has 118 valence electrons. The van der Waals surface area contributed by atoms with Crippen molar-refractivity contribution in [1.82, 2.24) is 5.32 Å². The van der Waals surface area contributed by atoms with E-state index in [1.54, 1.807) is 5.32 Å². The first-order valence-electron chi connectivity index (χ1n) is 5.48. The first-order chi connectivity index (χ1) is 9.55. The topological polar surface area (TPSA) is 50.4 Å². The summed E-state index contributed by atoms with van der Waals surface area (Å²) in [6, 6.07) is 4.39. The molecule has 0 aliphatic heterocycles. The second-order valence-corrected chi connectivity index (χ2v) is 3.82. The SMILES string of the molecule is O=C(CNc1ccc(OC(F)(F)F)cc1)NCC(F)(F)F. The van der Waals surface area contributed by atoms with Crippen molar-refractivity contribution in [3.05, 3.63) is 24.3 Å². The highest BCUT2D eigenvalue weighted by molar-refractivity contribution is 5.80. The number of nitrogens with one attached hydrogen (secondary N) is 2. The van der Waals surface area contributed by atoms with Crippen LogP contribution in [0, 0.1) is 0 Å². The van der Waals surface area contributed by atoms with Crippen molar-refractivity contribution in [1.29, 1.82) is 0 Å². The van der Waals surface area contributed by atoms with Crippen molar-refractivity contribution in [3.63, 3.8) is 0 Å². The zero-order valence-electron chi connectivity index (χ0n) is 10.3. The van der Waals surface area contributed by atoms with E-state index in [2.05, 4.69) is 10.1 Å². The molecule has 0 aromatic heterocycles. The molecule has 0 saturated heterocycles. The number of hydrogen-bond donors (Lipinski definition) is 2. The molecule has 0 aliphatic rings. The maximum Gasteiger partial charge on any atom is 0.573 e. The largest absolute Gasteiger partial charge is 0.573 e. The number of carbonyl (C=O) groups excluding carboxylic acids is 1. The van der Waals surface area contributed by atoms with E-state index in [-0.39, 0.29) is 5.69 Å². The zero-order valence-corrected chi connectivity index (χ0v) is 10.3. The number of anilines is 1. The summed E-state index contributed by atoms with van der Waals surface area (Å²) in [5.41, 5.74) is 0.256. The minimum atomic E-state index is -4.81. The number of alkyl halides is 6. The number of benzene rings is 1. The van der Waals surface area contributed by atoms with Gasteiger partial charge in [-0.2, -0.15) is 13.2 Å². The fourth-order valence-corrected chi connectivity index (χ4v) is 1.22. The van der Waals surface area contributed by atoms with Crippen LogP contribution >= 0.6 is 0 Å². The normalized spacial score (nSPS) is 11.9. The van der Waals surface area contributed by atoms with E-state index in [0.717, 1.165) is 12.1 Å². The van der Waals surface area contributed by atoms with Gasteiger partial charge in [-0.25, -0.2) is 0 Å². The summed E-state index contributed by atoms with van der Waals surface area (Å²) in [6.07, 6.45) is -9.32. The van der Waals surface area contributed by atoms with Gasteiger partial charge < -0.3 is 15.4 Å². The molecular weight excluding hydrogens is 306 g/mol. The van der Waals surface area contributed by atoms with E-state index in [4.69, 9.17) is 0 Å². The van der Waals surface area contributed by atoms with Crippen LogP contribution in [-0.2, 0) is 4.79 Å². The third kappa shape index (κ3) is 7.90. The summed E-state index contributed by atoms with van der Waals surface area (Å²) in [5.74, 6) is -1.35. The van der Waals surface area contributed by atoms with Gasteiger partial charge in [0.15, 0.2) is 0 Å². The first-order valence-corrected chi connectivity index (χ1v) is 5.48. The van der Waals surface area contributed by atoms with Gasteiger partial charge in [0.1, 0.15) is 12.3 Å². The molecule has 1 rings (SSSR count). The lowest BCUT2D eigenvalue weighted by Crippen LogP contribution is -2.37. The molecule has 21 heavy (non-hydrogen) atoms. The Bertz CT molecular complexity index is 469. The Morgan fingerprint density at radius 1 is 1.05 bits per heavy atom. The zero-order chi connectivity index (χ0) is 16.1. The molecule has 4 nitrogen and oxygen atoms in total. The molecule has 2 N–H and O–H groups in total. The van der Waals surface area contributed by atoms with Gasteiger partial charge in [0.05, 0.1) is 6.54 Å². The summed E-state index contributed by atoms with van der Waals surface area (Å²) in [7, 11) is 0. The summed E-state index contributed by atoms with van der Waals surface area (Å²) in [5, 5.41) is 4.09. The van der Waals surface area contributed by atoms with Gasteiger partial charge in [-0.3, -0.25) is 4.79 Å². The van der Waals surface area contributed by atoms with Crippen molar-refractivity contribution in [3.8, 4) is 5.75 Å². The molecule has 0 unspecified atom stereocenters. The van der Waals surface area contributed by atoms with E-state index in [0.29, 0.717) is 0 Å². The quantitative estimate of drug-likeness (QED) is 0.821. The van der Waals surface area contributed by atoms with Crippen LogP contribution in [0.5, 0.6) is 5.75 Å². The van der Waals surface area contributed by atoms with Crippen LogP contribution in [0.25, 0.3) is 0 Å². The maximum absolute atomic E-state index is 11.9. The minimum absolute atomic E-state index is 0.256. The lowest BCUT2D eigenvalue weighted by atomic mass is 10.3. The lowest BCUT2D eigenvalue weighted by Gasteiger charge is -2.11. The highest BCUT2D eigenvalue weighted by atomic mass is 19.4. The van der Waals surface area contributed by atoms with Crippen molar-refractivity contribution in [2.45, 2.75) is 12.5 Å². The smallest absolute Gasteiger partial charge is 0.406 e. The second-order valence-electron chi connectivity index (χ2n) is 3.82. The Labute approximate surface area is 115 Å². The van der Waals surface area contributed by atoms with Crippen molar-refractivity contribution in [2.24, 2.45) is 0 Å². The van der Waals surface area contributed by atoms with E-state index >= 15 is 0 Å². The van der Waals surface area contributed by atoms with E-state index in [1.807, 2.05) is 0 Å². The van der Waals surface area contributed by atoms with Crippen molar-refractivity contribution in [2.75, 3.05) is 18.4 Å². The second kappa shape index (κ2) is 6.55. The van der Waals surface area contributed by atoms with Crippen molar-refractivity contribution < 1.29 is 35.9 Å². The molecule has 1 amide bonds. The number of rotatable bonds is 5. The highest BCUT2D eigenvalue weighted by Gasteiger charge is 2.31. The summed E-state index contributed by atoms with van der Waals surface area (Å²) >= 11 is 0. The van der Waals surface area contributed by atoms with Gasteiger partial charge >= 0.3 is 12.5 Å². The molecular formula is C11H10F6N2O2. The van der Waals surface area contributed by atoms with Gasteiger partial charge in [0, 0.05) is 5.69 Å². The molecule has 0 radical (unpaired) electrons. The molecule has 0 fully saturated rings. The molecule has 0 atom stereocenters. The Morgan fingerprint density at radius 2 is 1.62 bits per heavy atom. The van der Waals surface area contributed by atoms with E-state index in [9.17, 15) is 31.1 Å². The van der Waals surface area contributed by atoms with E-state index < -0.39 is 37.3 Å². The molecule has 0 saturated carbocycles. The van der Waals surface area contributed by atoms with E-state index in [1.165, 1.54) is 12.1 Å². The Hall–Kier alpha value is -2.13. The lowest BCUT2D eigenvalue weighted by molar-refractivity contribution is -0.274. The van der Waals surface area contributed by atoms with Crippen LogP contribution in [0.2, 0.25) is 0 Å². The monoisotopic (exact) mass is 316 g/mol. The van der Waals surface area contributed by atoms with Crippen LogP contribution in [0.3, 0.4) is 0 Å². The fraction of sp³-hybridized carbons (Fsp3) is 0.364. The van der Waals surface area contributed by atoms with Gasteiger partial charge in [0.25, 0.3) is 0 Å². The number of halogens is 6. The van der Waals surface area contributed by atoms with Crippen molar-refractivity contribution >= 4 is 11.6 Å². The molecule has 1 aromatic rings. The standard InChI is InChI=1S/C11H10F6N2O2/c12-10(13,14)6-19-9(20)5-18-7-1-3-8(4-2-7)21-11(15,16)17/h1-4,18H,5-6H2,(H,19,20). The summed E-state index contributed by atoms with van der Waals surface area (Å²) in [6.45, 7) is -1.90. The molecule has 0 spiro atoms. The predicted molar refractivity (Wildman–Crippen MR) is 60.7 cm³/mol. The minimum Gasteiger partial charge on any atom is -0.406 e. The summed E-state index contributed by atoms with van der Waals surface area (Å²) in [4.78, 5) is 11.1. The average molecular weight is 316 g/mol. The third-order valence-corrected chi connectivity index (χ3v) is 2.03. The first kappa shape index (κ1) is 16.9. The molecule has 1 aromatic carbocycles. The van der Waals surface area contributed by atoms with Crippen LogP contribution in [0.1, 0.15) is 0 Å². The van der Waals surface area contributed by atoms with Gasteiger partial charge in [-0.1, -0.05) is 0 Å². The molecule has 10 heteroatoms. The van der Waals surface area contributed by atoms with Gasteiger partial charge in [0.2, 0.25) is 5.91 Å². The van der Waals surface area contributed by atoms with Crippen LogP contribution in [0.4, 0.5) is 32.0 Å². The average Bonchev–Trinajstić information content (AvgIpc) is 2.33. The van der Waals surface area contributed by atoms with Gasteiger partial charge in [-0.05, 0) is 24.3 Å². The van der Waals surface area contributed by atoms with Gasteiger partial charge in [-0.15, -0.1) is 13.2 Å². The van der Waals surface area contributed by atoms with Crippen LogP contribution in [-0.4, -0.2) is 31.5 Å². The summed E-state index contributed by atoms with van der Waals surface area (Å²) < 4.78 is 74.8. The fourth-order valence-electron chi connectivity index (χ4n) is 1.22. The number of amides is 1. The van der Waals surface area contributed by atoms with Crippen LogP contribution < -0.4 is 15.4 Å². The predicted octanol–water partition coefficient (Wildman–Crippen LogP) is 2.68. The number of ether oxygens (including phenoxy) is 1. The van der Waals surface area contributed by atoms with Crippen LogP contribution in [0.15, 0.2) is 24.3 Å².